The summed E-state index contributed by atoms with van der Waals surface area (Å²) in [7, 11) is 1.32. The lowest BCUT2D eigenvalue weighted by Gasteiger charge is -2.05. The number of hydrogen-bond donors (Lipinski definition) is 2. The molecule has 2 aromatic rings. The first-order valence-electron chi connectivity index (χ1n) is 5.78. The first-order valence-corrected chi connectivity index (χ1v) is 6.66. The Kier molecular flexibility index (Phi) is 4.33. The number of methoxy groups -OCH3 is 1. The maximum Gasteiger partial charge on any atom is 0.274 e. The lowest BCUT2D eigenvalue weighted by molar-refractivity contribution is -0.385. The fourth-order valence-electron chi connectivity index (χ4n) is 1.54. The van der Waals surface area contributed by atoms with Gasteiger partial charge in [0.05, 0.1) is 30.0 Å². The van der Waals surface area contributed by atoms with Gasteiger partial charge >= 0.3 is 0 Å². The first-order chi connectivity index (χ1) is 10.0. The SMILES string of the molecule is COc1cc([N+](=O)[O-])cc(/C=N/Nc2nc(C)cs2)c1O. The van der Waals surface area contributed by atoms with Crippen molar-refractivity contribution in [3.8, 4) is 11.5 Å². The summed E-state index contributed by atoms with van der Waals surface area (Å²) in [5, 5.41) is 27.1. The van der Waals surface area contributed by atoms with Crippen molar-refractivity contribution in [3.05, 3.63) is 38.9 Å². The summed E-state index contributed by atoms with van der Waals surface area (Å²) in [6, 6.07) is 2.35. The van der Waals surface area contributed by atoms with Crippen molar-refractivity contribution in [3.63, 3.8) is 0 Å². The lowest BCUT2D eigenvalue weighted by atomic mass is 10.2. The molecule has 0 radical (unpaired) electrons. The highest BCUT2D eigenvalue weighted by Gasteiger charge is 2.15. The highest BCUT2D eigenvalue weighted by atomic mass is 32.1. The first kappa shape index (κ1) is 14.7. The second-order valence-corrected chi connectivity index (χ2v) is 4.87. The minimum atomic E-state index is -0.573. The van der Waals surface area contributed by atoms with Gasteiger partial charge in [0.2, 0.25) is 5.13 Å². The van der Waals surface area contributed by atoms with Crippen LogP contribution in [0.25, 0.3) is 0 Å². The third kappa shape index (κ3) is 3.45. The molecule has 0 spiro atoms. The Morgan fingerprint density at radius 2 is 2.33 bits per heavy atom. The molecule has 1 aromatic heterocycles. The van der Waals surface area contributed by atoms with E-state index >= 15 is 0 Å². The maximum absolute atomic E-state index is 10.8. The summed E-state index contributed by atoms with van der Waals surface area (Å²) in [6.07, 6.45) is 1.27. The Labute approximate surface area is 123 Å². The largest absolute Gasteiger partial charge is 0.504 e. The number of nitro benzene ring substituents is 1. The molecule has 0 saturated carbocycles. The Morgan fingerprint density at radius 3 is 2.90 bits per heavy atom. The van der Waals surface area contributed by atoms with Crippen LogP contribution in [0.5, 0.6) is 11.5 Å². The number of ether oxygens (including phenoxy) is 1. The van der Waals surface area contributed by atoms with Crippen LogP contribution in [0, 0.1) is 17.0 Å². The van der Waals surface area contributed by atoms with Crippen LogP contribution in [0.4, 0.5) is 10.8 Å². The summed E-state index contributed by atoms with van der Waals surface area (Å²) in [4.78, 5) is 14.4. The van der Waals surface area contributed by atoms with E-state index in [1.165, 1.54) is 30.7 Å². The average molecular weight is 308 g/mol. The number of nitro groups is 1. The number of phenolic OH excluding ortho intramolecular Hbond substituents is 1. The number of hydrogen-bond acceptors (Lipinski definition) is 8. The van der Waals surface area contributed by atoms with Gasteiger partial charge in [-0.05, 0) is 6.92 Å². The van der Waals surface area contributed by atoms with Gasteiger partial charge in [-0.25, -0.2) is 4.98 Å². The Hall–Kier alpha value is -2.68. The zero-order valence-corrected chi connectivity index (χ0v) is 12.0. The number of aryl methyl sites for hydroxylation is 1. The van der Waals surface area contributed by atoms with Crippen LogP contribution >= 0.6 is 11.3 Å². The smallest absolute Gasteiger partial charge is 0.274 e. The number of phenols is 1. The van der Waals surface area contributed by atoms with Crippen molar-refractivity contribution in [2.75, 3.05) is 12.5 Å². The van der Waals surface area contributed by atoms with Gasteiger partial charge in [0.1, 0.15) is 0 Å². The van der Waals surface area contributed by atoms with E-state index in [4.69, 9.17) is 4.74 Å². The molecule has 0 atom stereocenters. The minimum absolute atomic E-state index is 0.00995. The van der Waals surface area contributed by atoms with E-state index in [1.807, 2.05) is 12.3 Å². The molecule has 110 valence electrons. The van der Waals surface area contributed by atoms with E-state index in [-0.39, 0.29) is 22.7 Å². The predicted molar refractivity (Wildman–Crippen MR) is 79.4 cm³/mol. The topological polar surface area (TPSA) is 110 Å². The van der Waals surface area contributed by atoms with Crippen molar-refractivity contribution in [2.45, 2.75) is 6.92 Å². The zero-order chi connectivity index (χ0) is 15.4. The summed E-state index contributed by atoms with van der Waals surface area (Å²) in [5.74, 6) is -0.209. The van der Waals surface area contributed by atoms with Crippen LogP contribution in [0.15, 0.2) is 22.6 Å². The molecule has 0 aliphatic heterocycles. The molecule has 0 aliphatic rings. The summed E-state index contributed by atoms with van der Waals surface area (Å²) >= 11 is 1.37. The second-order valence-electron chi connectivity index (χ2n) is 4.01. The van der Waals surface area contributed by atoms with Crippen LogP contribution in [0.3, 0.4) is 0 Å². The molecule has 2 rings (SSSR count). The average Bonchev–Trinajstić information content (AvgIpc) is 2.86. The molecule has 0 amide bonds. The highest BCUT2D eigenvalue weighted by molar-refractivity contribution is 7.13. The molecule has 0 unspecified atom stereocenters. The molecule has 8 nitrogen and oxygen atoms in total. The Balaban J connectivity index is 2.25. The van der Waals surface area contributed by atoms with Crippen molar-refractivity contribution in [2.24, 2.45) is 5.10 Å². The number of anilines is 1. The number of nitrogens with zero attached hydrogens (tertiary/aromatic N) is 3. The van der Waals surface area contributed by atoms with Gasteiger partial charge in [-0.15, -0.1) is 11.3 Å². The van der Waals surface area contributed by atoms with E-state index in [1.54, 1.807) is 0 Å². The number of aromatic nitrogens is 1. The number of nitrogens with one attached hydrogen (secondary N) is 1. The summed E-state index contributed by atoms with van der Waals surface area (Å²) in [6.45, 7) is 1.85. The molecule has 0 aliphatic carbocycles. The normalized spacial score (nSPS) is 10.8. The van der Waals surface area contributed by atoms with Gasteiger partial charge in [0.15, 0.2) is 11.5 Å². The van der Waals surface area contributed by atoms with E-state index in [2.05, 4.69) is 15.5 Å². The van der Waals surface area contributed by atoms with E-state index in [0.717, 1.165) is 11.8 Å². The van der Waals surface area contributed by atoms with Crippen molar-refractivity contribution < 1.29 is 14.8 Å². The molecule has 1 heterocycles. The van der Waals surface area contributed by atoms with Gasteiger partial charge in [0, 0.05) is 17.0 Å². The van der Waals surface area contributed by atoms with Crippen LogP contribution in [-0.2, 0) is 0 Å². The van der Waals surface area contributed by atoms with Crippen molar-refractivity contribution >= 4 is 28.4 Å². The maximum atomic E-state index is 10.8. The van der Waals surface area contributed by atoms with Gasteiger partial charge in [-0.2, -0.15) is 5.10 Å². The van der Waals surface area contributed by atoms with Gasteiger partial charge in [0.25, 0.3) is 5.69 Å². The van der Waals surface area contributed by atoms with E-state index < -0.39 is 4.92 Å². The van der Waals surface area contributed by atoms with Gasteiger partial charge in [-0.3, -0.25) is 15.5 Å². The molecule has 2 N–H and O–H groups in total. The third-order valence-corrected chi connectivity index (χ3v) is 3.37. The highest BCUT2D eigenvalue weighted by Crippen LogP contribution is 2.33. The molecule has 0 fully saturated rings. The fourth-order valence-corrected chi connectivity index (χ4v) is 2.17. The molecule has 1 aromatic carbocycles. The molecule has 0 saturated heterocycles. The standard InChI is InChI=1S/C12H12N4O4S/c1-7-6-21-12(14-7)15-13-5-8-3-9(16(18)19)4-10(20-2)11(8)17/h3-6,17H,1-2H3,(H,14,15)/b13-5+. The number of non-ortho nitro benzene ring substituents is 1. The molecule has 9 heteroatoms. The number of rotatable bonds is 5. The Bertz CT molecular complexity index is 699. The molecule has 0 bridgehead atoms. The van der Waals surface area contributed by atoms with Gasteiger partial charge < -0.3 is 9.84 Å². The number of benzene rings is 1. The number of aromatic hydroxyl groups is 1. The number of thiazole rings is 1. The Morgan fingerprint density at radius 1 is 1.57 bits per heavy atom. The van der Waals surface area contributed by atoms with Crippen LogP contribution in [-0.4, -0.2) is 28.3 Å². The summed E-state index contributed by atoms with van der Waals surface area (Å²) in [5.41, 5.74) is 3.51. The van der Waals surface area contributed by atoms with Crippen LogP contribution in [0.1, 0.15) is 11.3 Å². The van der Waals surface area contributed by atoms with Gasteiger partial charge in [-0.1, -0.05) is 0 Å². The van der Waals surface area contributed by atoms with E-state index in [0.29, 0.717) is 5.13 Å². The quantitative estimate of drug-likeness (QED) is 0.499. The zero-order valence-electron chi connectivity index (χ0n) is 11.2. The summed E-state index contributed by atoms with van der Waals surface area (Å²) < 4.78 is 4.90. The lowest BCUT2D eigenvalue weighted by Crippen LogP contribution is -1.96. The van der Waals surface area contributed by atoms with E-state index in [9.17, 15) is 15.2 Å². The third-order valence-electron chi connectivity index (χ3n) is 2.50. The fraction of sp³-hybridized carbons (Fsp3) is 0.167. The monoisotopic (exact) mass is 308 g/mol. The van der Waals surface area contributed by atoms with Crippen molar-refractivity contribution in [1.82, 2.24) is 4.98 Å². The minimum Gasteiger partial charge on any atom is -0.504 e. The molecular weight excluding hydrogens is 296 g/mol. The van der Waals surface area contributed by atoms with Crippen LogP contribution < -0.4 is 10.2 Å². The second kappa shape index (κ2) is 6.18. The molecular formula is C12H12N4O4S. The number of hydrazone groups is 1. The van der Waals surface area contributed by atoms with Crippen molar-refractivity contribution in [1.29, 1.82) is 0 Å². The van der Waals surface area contributed by atoms with Crippen LogP contribution in [0.2, 0.25) is 0 Å². The molecule has 21 heavy (non-hydrogen) atoms. The predicted octanol–water partition coefficient (Wildman–Crippen LogP) is 2.52.